The van der Waals surface area contributed by atoms with E-state index in [2.05, 4.69) is 69.9 Å². The van der Waals surface area contributed by atoms with Gasteiger partial charge in [-0.05, 0) is 36.0 Å². The minimum absolute atomic E-state index is 0.309. The Morgan fingerprint density at radius 3 is 2.39 bits per heavy atom. The van der Waals surface area contributed by atoms with Crippen LogP contribution >= 0.6 is 11.8 Å². The fourth-order valence-electron chi connectivity index (χ4n) is 2.95. The van der Waals surface area contributed by atoms with Gasteiger partial charge in [0, 0.05) is 11.8 Å². The third-order valence-electron chi connectivity index (χ3n) is 4.50. The van der Waals surface area contributed by atoms with Crippen molar-refractivity contribution in [2.45, 2.75) is 57.4 Å². The van der Waals surface area contributed by atoms with Crippen molar-refractivity contribution < 1.29 is 4.74 Å². The first-order chi connectivity index (χ1) is 13.4. The molecule has 0 aliphatic rings. The van der Waals surface area contributed by atoms with Crippen molar-refractivity contribution in [3.8, 4) is 11.6 Å². The Kier molecular flexibility index (Phi) is 6.74. The number of aryl methyl sites for hydroxylation is 1. The van der Waals surface area contributed by atoms with Crippen molar-refractivity contribution >= 4 is 11.8 Å². The highest BCUT2D eigenvalue weighted by atomic mass is 32.2. The average Bonchev–Trinajstić information content (AvgIpc) is 2.66. The molecule has 0 radical (unpaired) electrons. The molecule has 0 spiro atoms. The molecule has 1 heterocycles. The van der Waals surface area contributed by atoms with Crippen LogP contribution in [0.25, 0.3) is 0 Å². The Morgan fingerprint density at radius 2 is 1.68 bits per heavy atom. The predicted octanol–water partition coefficient (Wildman–Crippen LogP) is 7.12. The second kappa shape index (κ2) is 9.24. The fraction of sp³-hybridized carbons (Fsp3) is 0.333. The van der Waals surface area contributed by atoms with Crippen molar-refractivity contribution in [3.05, 3.63) is 77.0 Å². The van der Waals surface area contributed by atoms with Crippen LogP contribution in [0.3, 0.4) is 0 Å². The monoisotopic (exact) mass is 392 g/mol. The number of para-hydroxylation sites is 1. The molecule has 146 valence electrons. The van der Waals surface area contributed by atoms with Crippen LogP contribution in [-0.2, 0) is 5.75 Å². The lowest BCUT2D eigenvalue weighted by molar-refractivity contribution is 0.445. The van der Waals surface area contributed by atoms with Gasteiger partial charge in [0.05, 0.1) is 5.69 Å². The van der Waals surface area contributed by atoms with Gasteiger partial charge in [0.15, 0.2) is 5.16 Å². The van der Waals surface area contributed by atoms with E-state index >= 15 is 0 Å². The Bertz CT molecular complexity index is 937. The van der Waals surface area contributed by atoms with Gasteiger partial charge in [-0.3, -0.25) is 0 Å². The molecule has 3 nitrogen and oxygen atoms in total. The van der Waals surface area contributed by atoms with E-state index in [1.54, 1.807) is 11.8 Å². The summed E-state index contributed by atoms with van der Waals surface area (Å²) in [5.74, 6) is 3.01. The lowest BCUT2D eigenvalue weighted by atomic mass is 10.0. The second-order valence-corrected chi connectivity index (χ2v) is 8.58. The summed E-state index contributed by atoms with van der Waals surface area (Å²) in [6.07, 6.45) is 0. The van der Waals surface area contributed by atoms with Crippen LogP contribution in [0.2, 0.25) is 0 Å². The summed E-state index contributed by atoms with van der Waals surface area (Å²) in [5, 5.41) is 0.754. The molecule has 0 bridgehead atoms. The Labute approximate surface area is 172 Å². The van der Waals surface area contributed by atoms with Crippen molar-refractivity contribution in [3.63, 3.8) is 0 Å². The highest BCUT2D eigenvalue weighted by Crippen LogP contribution is 2.32. The number of thioether (sulfide) groups is 1. The van der Waals surface area contributed by atoms with E-state index in [-0.39, 0.29) is 0 Å². The lowest BCUT2D eigenvalue weighted by Gasteiger charge is -2.15. The number of ether oxygens (including phenoxy) is 1. The number of hydrogen-bond acceptors (Lipinski definition) is 4. The molecular formula is C24H28N2OS. The van der Waals surface area contributed by atoms with Gasteiger partial charge in [0.2, 0.25) is 5.88 Å². The summed E-state index contributed by atoms with van der Waals surface area (Å²) in [4.78, 5) is 9.42. The standard InChI is InChI=1S/C24H28N2OS/c1-16(2)20-11-6-7-12-22(20)27-23-14-21(17(3)4)25-24(26-23)28-15-19-10-8-9-18(5)13-19/h6-14,16-17H,15H2,1-5H3. The molecule has 0 N–H and O–H groups in total. The number of benzene rings is 2. The zero-order valence-corrected chi connectivity index (χ0v) is 18.1. The van der Waals surface area contributed by atoms with Gasteiger partial charge < -0.3 is 4.74 Å². The summed E-state index contributed by atoms with van der Waals surface area (Å²) >= 11 is 1.65. The topological polar surface area (TPSA) is 35.0 Å². The highest BCUT2D eigenvalue weighted by Gasteiger charge is 2.13. The van der Waals surface area contributed by atoms with E-state index in [0.717, 1.165) is 22.4 Å². The fourth-order valence-corrected chi connectivity index (χ4v) is 3.75. The first-order valence-electron chi connectivity index (χ1n) is 9.76. The normalized spacial score (nSPS) is 11.2. The van der Waals surface area contributed by atoms with Crippen molar-refractivity contribution in [1.82, 2.24) is 9.97 Å². The molecule has 0 aliphatic heterocycles. The Morgan fingerprint density at radius 1 is 0.893 bits per heavy atom. The van der Waals surface area contributed by atoms with Gasteiger partial charge in [-0.15, -0.1) is 0 Å². The van der Waals surface area contributed by atoms with Crippen LogP contribution in [0.1, 0.15) is 61.9 Å². The quantitative estimate of drug-likeness (QED) is 0.317. The van der Waals surface area contributed by atoms with E-state index in [0.29, 0.717) is 17.7 Å². The maximum absolute atomic E-state index is 6.21. The SMILES string of the molecule is Cc1cccc(CSc2nc(Oc3ccccc3C(C)C)cc(C(C)C)n2)c1. The van der Waals surface area contributed by atoms with Gasteiger partial charge in [-0.25, -0.2) is 4.98 Å². The zero-order valence-electron chi connectivity index (χ0n) is 17.3. The first-order valence-corrected chi connectivity index (χ1v) is 10.7. The highest BCUT2D eigenvalue weighted by molar-refractivity contribution is 7.98. The minimum atomic E-state index is 0.309. The van der Waals surface area contributed by atoms with Crippen LogP contribution in [0, 0.1) is 6.92 Å². The van der Waals surface area contributed by atoms with E-state index in [4.69, 9.17) is 9.72 Å². The number of nitrogens with zero attached hydrogens (tertiary/aromatic N) is 2. The molecule has 0 aliphatic carbocycles. The van der Waals surface area contributed by atoms with E-state index in [1.807, 2.05) is 24.3 Å². The smallest absolute Gasteiger partial charge is 0.223 e. The third kappa shape index (κ3) is 5.35. The number of rotatable bonds is 7. The second-order valence-electron chi connectivity index (χ2n) is 7.64. The molecule has 0 saturated carbocycles. The van der Waals surface area contributed by atoms with Crippen LogP contribution in [-0.4, -0.2) is 9.97 Å². The van der Waals surface area contributed by atoms with E-state index in [9.17, 15) is 0 Å². The third-order valence-corrected chi connectivity index (χ3v) is 5.42. The van der Waals surface area contributed by atoms with Gasteiger partial charge in [0.1, 0.15) is 5.75 Å². The molecule has 0 saturated heterocycles. The van der Waals surface area contributed by atoms with Crippen LogP contribution in [0.15, 0.2) is 59.8 Å². The van der Waals surface area contributed by atoms with Crippen LogP contribution < -0.4 is 4.74 Å². The average molecular weight is 393 g/mol. The lowest BCUT2D eigenvalue weighted by Crippen LogP contribution is -2.01. The van der Waals surface area contributed by atoms with Crippen molar-refractivity contribution in [2.24, 2.45) is 0 Å². The van der Waals surface area contributed by atoms with Gasteiger partial charge in [-0.2, -0.15) is 4.98 Å². The molecule has 3 aromatic rings. The minimum Gasteiger partial charge on any atom is -0.439 e. The molecule has 3 rings (SSSR count). The van der Waals surface area contributed by atoms with Gasteiger partial charge in [-0.1, -0.05) is 87.5 Å². The van der Waals surface area contributed by atoms with Crippen LogP contribution in [0.4, 0.5) is 0 Å². The number of aromatic nitrogens is 2. The Hall–Kier alpha value is -2.33. The maximum atomic E-state index is 6.21. The summed E-state index contributed by atoms with van der Waals surface area (Å²) in [5.41, 5.74) is 4.72. The van der Waals surface area contributed by atoms with Crippen molar-refractivity contribution in [2.75, 3.05) is 0 Å². The zero-order chi connectivity index (χ0) is 20.1. The van der Waals surface area contributed by atoms with Crippen molar-refractivity contribution in [1.29, 1.82) is 0 Å². The Balaban J connectivity index is 1.85. The molecule has 1 aromatic heterocycles. The molecular weight excluding hydrogens is 364 g/mol. The van der Waals surface area contributed by atoms with Gasteiger partial charge in [0.25, 0.3) is 0 Å². The predicted molar refractivity (Wildman–Crippen MR) is 117 cm³/mol. The maximum Gasteiger partial charge on any atom is 0.223 e. The first kappa shape index (κ1) is 20.4. The molecule has 28 heavy (non-hydrogen) atoms. The van der Waals surface area contributed by atoms with Crippen LogP contribution in [0.5, 0.6) is 11.6 Å². The molecule has 4 heteroatoms. The summed E-state index contributed by atoms with van der Waals surface area (Å²) in [7, 11) is 0. The molecule has 2 aromatic carbocycles. The molecule has 0 amide bonds. The summed E-state index contributed by atoms with van der Waals surface area (Å²) in [6.45, 7) is 10.7. The summed E-state index contributed by atoms with van der Waals surface area (Å²) in [6, 6.07) is 18.7. The number of hydrogen-bond donors (Lipinski definition) is 0. The van der Waals surface area contributed by atoms with E-state index < -0.39 is 0 Å². The van der Waals surface area contributed by atoms with Gasteiger partial charge >= 0.3 is 0 Å². The largest absolute Gasteiger partial charge is 0.439 e. The molecule has 0 atom stereocenters. The van der Waals surface area contributed by atoms with E-state index in [1.165, 1.54) is 16.7 Å². The molecule has 0 unspecified atom stereocenters. The summed E-state index contributed by atoms with van der Waals surface area (Å²) < 4.78 is 6.21. The molecule has 0 fully saturated rings.